The van der Waals surface area contributed by atoms with Crippen molar-refractivity contribution in [2.24, 2.45) is 0 Å². The van der Waals surface area contributed by atoms with Gasteiger partial charge in [-0.05, 0) is 44.5 Å². The zero-order chi connectivity index (χ0) is 15.2. The molecule has 2 rings (SSSR count). The molecule has 0 bridgehead atoms. The van der Waals surface area contributed by atoms with Crippen LogP contribution >= 0.6 is 0 Å². The zero-order valence-corrected chi connectivity index (χ0v) is 12.3. The van der Waals surface area contributed by atoms with Gasteiger partial charge in [-0.2, -0.15) is 0 Å². The summed E-state index contributed by atoms with van der Waals surface area (Å²) in [4.78, 5) is 11.8. The highest BCUT2D eigenvalue weighted by Crippen LogP contribution is 2.13. The van der Waals surface area contributed by atoms with Crippen LogP contribution in [-0.4, -0.2) is 37.4 Å². The third kappa shape index (κ3) is 4.90. The SMILES string of the molecule is CC(COc1ccc(F)cc1)NC(=O)NC1CCOC1C. The number of halogens is 1. The van der Waals surface area contributed by atoms with Gasteiger partial charge in [0.05, 0.1) is 18.2 Å². The van der Waals surface area contributed by atoms with Gasteiger partial charge in [-0.3, -0.25) is 0 Å². The van der Waals surface area contributed by atoms with E-state index < -0.39 is 0 Å². The Kier molecular flexibility index (Phi) is 5.38. The predicted octanol–water partition coefficient (Wildman–Crippen LogP) is 2.07. The van der Waals surface area contributed by atoms with E-state index in [1.807, 2.05) is 13.8 Å². The number of hydrogen-bond donors (Lipinski definition) is 2. The van der Waals surface area contributed by atoms with Crippen LogP contribution in [0.15, 0.2) is 24.3 Å². The van der Waals surface area contributed by atoms with Gasteiger partial charge in [0.15, 0.2) is 0 Å². The van der Waals surface area contributed by atoms with Crippen LogP contribution in [0.3, 0.4) is 0 Å². The minimum absolute atomic E-state index is 0.0431. The molecule has 2 amide bonds. The van der Waals surface area contributed by atoms with Crippen molar-refractivity contribution in [3.8, 4) is 5.75 Å². The summed E-state index contributed by atoms with van der Waals surface area (Å²) in [5.74, 6) is 0.268. The highest BCUT2D eigenvalue weighted by molar-refractivity contribution is 5.74. The van der Waals surface area contributed by atoms with Gasteiger partial charge >= 0.3 is 6.03 Å². The Morgan fingerprint density at radius 2 is 2.19 bits per heavy atom. The molecule has 2 N–H and O–H groups in total. The van der Waals surface area contributed by atoms with Crippen molar-refractivity contribution in [2.75, 3.05) is 13.2 Å². The molecule has 1 fully saturated rings. The van der Waals surface area contributed by atoms with Gasteiger partial charge in [-0.15, -0.1) is 0 Å². The molecule has 0 saturated carbocycles. The Bertz CT molecular complexity index is 466. The van der Waals surface area contributed by atoms with Gasteiger partial charge < -0.3 is 20.1 Å². The van der Waals surface area contributed by atoms with E-state index in [1.165, 1.54) is 12.1 Å². The molecule has 0 aromatic heterocycles. The zero-order valence-electron chi connectivity index (χ0n) is 12.3. The number of urea groups is 1. The summed E-state index contributed by atoms with van der Waals surface area (Å²) in [6, 6.07) is 5.44. The smallest absolute Gasteiger partial charge is 0.315 e. The van der Waals surface area contributed by atoms with E-state index in [1.54, 1.807) is 12.1 Å². The molecule has 5 nitrogen and oxygen atoms in total. The standard InChI is InChI=1S/C15H21FN2O3/c1-10(9-21-13-5-3-12(16)4-6-13)17-15(19)18-14-7-8-20-11(14)2/h3-6,10-11,14H,7-9H2,1-2H3,(H2,17,18,19). The van der Waals surface area contributed by atoms with Gasteiger partial charge in [-0.1, -0.05) is 0 Å². The fraction of sp³-hybridized carbons (Fsp3) is 0.533. The monoisotopic (exact) mass is 296 g/mol. The summed E-state index contributed by atoms with van der Waals surface area (Å²) in [6.45, 7) is 4.78. The molecule has 21 heavy (non-hydrogen) atoms. The lowest BCUT2D eigenvalue weighted by Crippen LogP contribution is -2.48. The minimum atomic E-state index is -0.305. The maximum Gasteiger partial charge on any atom is 0.315 e. The minimum Gasteiger partial charge on any atom is -0.491 e. The third-order valence-electron chi connectivity index (χ3n) is 3.38. The van der Waals surface area contributed by atoms with Gasteiger partial charge in [0.25, 0.3) is 0 Å². The van der Waals surface area contributed by atoms with Crippen molar-refractivity contribution in [3.05, 3.63) is 30.1 Å². The molecular formula is C15H21FN2O3. The number of hydrogen-bond acceptors (Lipinski definition) is 3. The van der Waals surface area contributed by atoms with Gasteiger partial charge in [0.1, 0.15) is 18.2 Å². The number of carbonyl (C=O) groups excluding carboxylic acids is 1. The predicted molar refractivity (Wildman–Crippen MR) is 76.8 cm³/mol. The van der Waals surface area contributed by atoms with Crippen LogP contribution in [0.5, 0.6) is 5.75 Å². The van der Waals surface area contributed by atoms with Gasteiger partial charge in [0.2, 0.25) is 0 Å². The summed E-state index contributed by atoms with van der Waals surface area (Å²) < 4.78 is 23.6. The second-order valence-electron chi connectivity index (χ2n) is 5.25. The molecule has 1 aliphatic heterocycles. The molecular weight excluding hydrogens is 275 g/mol. The lowest BCUT2D eigenvalue weighted by Gasteiger charge is -2.19. The first-order chi connectivity index (χ1) is 10.0. The largest absolute Gasteiger partial charge is 0.491 e. The van der Waals surface area contributed by atoms with Crippen LogP contribution < -0.4 is 15.4 Å². The van der Waals surface area contributed by atoms with E-state index in [4.69, 9.17) is 9.47 Å². The summed E-state index contributed by atoms with van der Waals surface area (Å²) in [5, 5.41) is 5.69. The number of amides is 2. The second kappa shape index (κ2) is 7.26. The number of ether oxygens (including phenoxy) is 2. The van der Waals surface area contributed by atoms with Gasteiger partial charge in [0, 0.05) is 6.61 Å². The first-order valence-electron chi connectivity index (χ1n) is 7.11. The van der Waals surface area contributed by atoms with Crippen LogP contribution in [0.25, 0.3) is 0 Å². The first-order valence-corrected chi connectivity index (χ1v) is 7.11. The Hall–Kier alpha value is -1.82. The van der Waals surface area contributed by atoms with Crippen LogP contribution in [0.1, 0.15) is 20.3 Å². The van der Waals surface area contributed by atoms with E-state index in [0.29, 0.717) is 19.0 Å². The van der Waals surface area contributed by atoms with Crippen LogP contribution in [0.4, 0.5) is 9.18 Å². The van der Waals surface area contributed by atoms with Crippen molar-refractivity contribution >= 4 is 6.03 Å². The number of carbonyl (C=O) groups is 1. The molecule has 1 aromatic rings. The molecule has 3 unspecified atom stereocenters. The average Bonchev–Trinajstić information content (AvgIpc) is 2.83. The van der Waals surface area contributed by atoms with E-state index in [2.05, 4.69) is 10.6 Å². The topological polar surface area (TPSA) is 59.6 Å². The maximum atomic E-state index is 12.8. The third-order valence-corrected chi connectivity index (χ3v) is 3.38. The normalized spacial score (nSPS) is 22.6. The molecule has 1 aliphatic rings. The summed E-state index contributed by atoms with van der Waals surface area (Å²) >= 11 is 0. The molecule has 0 spiro atoms. The summed E-state index contributed by atoms with van der Waals surface area (Å²) in [5.41, 5.74) is 0. The van der Waals surface area contributed by atoms with E-state index in [9.17, 15) is 9.18 Å². The Labute approximate surface area is 123 Å². The summed E-state index contributed by atoms with van der Waals surface area (Å²) in [6.07, 6.45) is 0.871. The maximum absolute atomic E-state index is 12.8. The average molecular weight is 296 g/mol. The first kappa shape index (κ1) is 15.6. The van der Waals surface area contributed by atoms with Crippen LogP contribution in [-0.2, 0) is 4.74 Å². The highest BCUT2D eigenvalue weighted by atomic mass is 19.1. The van der Waals surface area contributed by atoms with Crippen molar-refractivity contribution in [3.63, 3.8) is 0 Å². The molecule has 1 aromatic carbocycles. The second-order valence-corrected chi connectivity index (χ2v) is 5.25. The van der Waals surface area contributed by atoms with E-state index >= 15 is 0 Å². The fourth-order valence-corrected chi connectivity index (χ4v) is 2.15. The Balaban J connectivity index is 1.69. The van der Waals surface area contributed by atoms with Crippen molar-refractivity contribution in [1.29, 1.82) is 0 Å². The Morgan fingerprint density at radius 1 is 1.48 bits per heavy atom. The molecule has 116 valence electrons. The van der Waals surface area contributed by atoms with E-state index in [0.717, 1.165) is 6.42 Å². The van der Waals surface area contributed by atoms with Crippen LogP contribution in [0, 0.1) is 5.82 Å². The quantitative estimate of drug-likeness (QED) is 0.874. The molecule has 1 saturated heterocycles. The number of nitrogens with one attached hydrogen (secondary N) is 2. The molecule has 6 heteroatoms. The molecule has 0 radical (unpaired) electrons. The van der Waals surface area contributed by atoms with Crippen molar-refractivity contribution in [1.82, 2.24) is 10.6 Å². The highest BCUT2D eigenvalue weighted by Gasteiger charge is 2.25. The van der Waals surface area contributed by atoms with E-state index in [-0.39, 0.29) is 30.0 Å². The summed E-state index contributed by atoms with van der Waals surface area (Å²) in [7, 11) is 0. The molecule has 0 aliphatic carbocycles. The molecule has 3 atom stereocenters. The van der Waals surface area contributed by atoms with Crippen molar-refractivity contribution < 1.29 is 18.7 Å². The Morgan fingerprint density at radius 3 is 2.81 bits per heavy atom. The number of rotatable bonds is 5. The van der Waals surface area contributed by atoms with Gasteiger partial charge in [-0.25, -0.2) is 9.18 Å². The molecule has 1 heterocycles. The van der Waals surface area contributed by atoms with Crippen LogP contribution in [0.2, 0.25) is 0 Å². The lowest BCUT2D eigenvalue weighted by atomic mass is 10.2. The lowest BCUT2D eigenvalue weighted by molar-refractivity contribution is 0.114. The fourth-order valence-electron chi connectivity index (χ4n) is 2.15. The van der Waals surface area contributed by atoms with Crippen molar-refractivity contribution in [2.45, 2.75) is 38.5 Å². The number of benzene rings is 1.